The van der Waals surface area contributed by atoms with Crippen LogP contribution < -0.4 is 4.72 Å². The average molecular weight is 397 g/mol. The van der Waals surface area contributed by atoms with Gasteiger partial charge in [0.25, 0.3) is 0 Å². The zero-order valence-electron chi connectivity index (χ0n) is 10.0. The molecule has 100 valence electrons. The van der Waals surface area contributed by atoms with Crippen LogP contribution in [0.2, 0.25) is 0 Å². The van der Waals surface area contributed by atoms with Crippen LogP contribution in [0, 0.1) is 12.8 Å². The fourth-order valence-electron chi connectivity index (χ4n) is 1.72. The minimum atomic E-state index is -3.42. The topological polar surface area (TPSA) is 46.2 Å². The highest BCUT2D eigenvalue weighted by molar-refractivity contribution is 9.11. The van der Waals surface area contributed by atoms with Crippen molar-refractivity contribution < 1.29 is 8.42 Å². The molecule has 0 unspecified atom stereocenters. The maximum Gasteiger partial charge on any atom is 0.241 e. The van der Waals surface area contributed by atoms with Gasteiger partial charge < -0.3 is 0 Å². The van der Waals surface area contributed by atoms with Crippen molar-refractivity contribution in [2.45, 2.75) is 31.1 Å². The Balaban J connectivity index is 2.14. The fraction of sp³-hybridized carbons (Fsp3) is 0.500. The van der Waals surface area contributed by atoms with Crippen LogP contribution in [-0.4, -0.2) is 15.0 Å². The van der Waals surface area contributed by atoms with Gasteiger partial charge in [-0.1, -0.05) is 28.8 Å². The first kappa shape index (κ1) is 14.5. The molecule has 0 aromatic heterocycles. The van der Waals surface area contributed by atoms with Crippen molar-refractivity contribution >= 4 is 41.9 Å². The predicted molar refractivity (Wildman–Crippen MR) is 79.1 cm³/mol. The molecule has 18 heavy (non-hydrogen) atoms. The van der Waals surface area contributed by atoms with Crippen LogP contribution in [0.25, 0.3) is 0 Å². The molecule has 6 heteroatoms. The van der Waals surface area contributed by atoms with Crippen LogP contribution >= 0.6 is 31.9 Å². The number of benzene rings is 1. The lowest BCUT2D eigenvalue weighted by molar-refractivity contribution is 0.574. The molecule has 1 aromatic rings. The van der Waals surface area contributed by atoms with Gasteiger partial charge in [-0.25, -0.2) is 13.1 Å². The molecule has 0 aliphatic heterocycles. The molecule has 1 N–H and O–H groups in total. The minimum Gasteiger partial charge on any atom is -0.211 e. The molecule has 1 aliphatic rings. The normalized spacial score (nSPS) is 15.9. The Hall–Kier alpha value is 0.0900. The Morgan fingerprint density at radius 2 is 1.94 bits per heavy atom. The number of aryl methyl sites for hydroxylation is 1. The zero-order chi connectivity index (χ0) is 13.3. The van der Waals surface area contributed by atoms with Gasteiger partial charge in [-0.15, -0.1) is 0 Å². The molecule has 1 saturated carbocycles. The largest absolute Gasteiger partial charge is 0.241 e. The molecule has 0 spiro atoms. The second-order valence-electron chi connectivity index (χ2n) is 4.66. The molecule has 0 saturated heterocycles. The summed E-state index contributed by atoms with van der Waals surface area (Å²) < 4.78 is 28.4. The Morgan fingerprint density at radius 3 is 2.56 bits per heavy atom. The molecule has 1 aromatic carbocycles. The smallest absolute Gasteiger partial charge is 0.211 e. The fourth-order valence-corrected chi connectivity index (χ4v) is 4.44. The lowest BCUT2D eigenvalue weighted by atomic mass is 10.2. The first-order valence-corrected chi connectivity index (χ1v) is 8.92. The van der Waals surface area contributed by atoms with E-state index in [0.717, 1.165) is 22.4 Å². The third kappa shape index (κ3) is 3.56. The van der Waals surface area contributed by atoms with Crippen LogP contribution in [0.3, 0.4) is 0 Å². The van der Waals surface area contributed by atoms with E-state index in [1.807, 2.05) is 6.92 Å². The van der Waals surface area contributed by atoms with E-state index in [-0.39, 0.29) is 4.90 Å². The molecule has 0 bridgehead atoms. The van der Waals surface area contributed by atoms with E-state index < -0.39 is 10.0 Å². The highest BCUT2D eigenvalue weighted by Gasteiger charge is 2.23. The Morgan fingerprint density at radius 1 is 1.28 bits per heavy atom. The summed E-state index contributed by atoms with van der Waals surface area (Å²) in [5, 5.41) is 0. The molecule has 0 radical (unpaired) electrons. The van der Waals surface area contributed by atoms with Gasteiger partial charge in [0.1, 0.15) is 0 Å². The summed E-state index contributed by atoms with van der Waals surface area (Å²) in [7, 11) is -3.42. The van der Waals surface area contributed by atoms with Gasteiger partial charge in [0.05, 0.1) is 4.90 Å². The van der Waals surface area contributed by atoms with E-state index in [9.17, 15) is 8.42 Å². The monoisotopic (exact) mass is 395 g/mol. The number of sulfonamides is 1. The molecule has 0 atom stereocenters. The van der Waals surface area contributed by atoms with Gasteiger partial charge in [-0.3, -0.25) is 0 Å². The predicted octanol–water partition coefficient (Wildman–Crippen LogP) is 3.60. The molecule has 2 rings (SSSR count). The van der Waals surface area contributed by atoms with Crippen molar-refractivity contribution in [3.8, 4) is 0 Å². The van der Waals surface area contributed by atoms with Gasteiger partial charge in [0.15, 0.2) is 0 Å². The summed E-state index contributed by atoms with van der Waals surface area (Å²) in [6, 6.07) is 3.44. The van der Waals surface area contributed by atoms with Crippen molar-refractivity contribution in [3.05, 3.63) is 26.6 Å². The SMILES string of the molecule is Cc1cc(Br)c(S(=O)(=O)NCCC2CC2)cc1Br. The van der Waals surface area contributed by atoms with Gasteiger partial charge in [0, 0.05) is 15.5 Å². The quantitative estimate of drug-likeness (QED) is 0.826. The van der Waals surface area contributed by atoms with E-state index in [1.54, 1.807) is 12.1 Å². The highest BCUT2D eigenvalue weighted by atomic mass is 79.9. The number of nitrogens with one attached hydrogen (secondary N) is 1. The maximum atomic E-state index is 12.2. The molecule has 0 amide bonds. The Bertz CT molecular complexity index is 553. The Labute approximate surface area is 125 Å². The van der Waals surface area contributed by atoms with E-state index in [2.05, 4.69) is 36.6 Å². The van der Waals surface area contributed by atoms with Crippen LogP contribution in [0.5, 0.6) is 0 Å². The molecular weight excluding hydrogens is 382 g/mol. The molecular formula is C12H15Br2NO2S. The van der Waals surface area contributed by atoms with Crippen molar-refractivity contribution in [1.82, 2.24) is 4.72 Å². The molecule has 1 aliphatic carbocycles. The van der Waals surface area contributed by atoms with Crippen molar-refractivity contribution in [2.24, 2.45) is 5.92 Å². The summed E-state index contributed by atoms with van der Waals surface area (Å²) in [6.07, 6.45) is 3.41. The summed E-state index contributed by atoms with van der Waals surface area (Å²) in [5.74, 6) is 0.723. The first-order valence-electron chi connectivity index (χ1n) is 5.85. The third-order valence-electron chi connectivity index (χ3n) is 3.04. The second kappa shape index (κ2) is 5.61. The summed E-state index contributed by atoms with van der Waals surface area (Å²) in [6.45, 7) is 2.44. The maximum absolute atomic E-state index is 12.2. The van der Waals surface area contributed by atoms with E-state index in [4.69, 9.17) is 0 Å². The number of rotatable bonds is 5. The minimum absolute atomic E-state index is 0.288. The first-order chi connectivity index (χ1) is 8.40. The lowest BCUT2D eigenvalue weighted by Crippen LogP contribution is -2.25. The van der Waals surface area contributed by atoms with Crippen LogP contribution in [0.15, 0.2) is 26.0 Å². The number of hydrogen-bond acceptors (Lipinski definition) is 2. The summed E-state index contributed by atoms with van der Waals surface area (Å²) in [5.41, 5.74) is 0.999. The van der Waals surface area contributed by atoms with Gasteiger partial charge in [-0.05, 0) is 52.9 Å². The number of hydrogen-bond donors (Lipinski definition) is 1. The van der Waals surface area contributed by atoms with Gasteiger partial charge in [-0.2, -0.15) is 0 Å². The summed E-state index contributed by atoms with van der Waals surface area (Å²) in [4.78, 5) is 0.288. The molecule has 3 nitrogen and oxygen atoms in total. The second-order valence-corrected chi connectivity index (χ2v) is 8.11. The van der Waals surface area contributed by atoms with Gasteiger partial charge >= 0.3 is 0 Å². The molecule has 0 heterocycles. The van der Waals surface area contributed by atoms with Crippen molar-refractivity contribution in [2.75, 3.05) is 6.54 Å². The average Bonchev–Trinajstić information content (AvgIpc) is 3.07. The van der Waals surface area contributed by atoms with E-state index in [0.29, 0.717) is 11.0 Å². The summed E-state index contributed by atoms with van der Waals surface area (Å²) >= 11 is 6.67. The third-order valence-corrected chi connectivity index (χ3v) is 6.32. The van der Waals surface area contributed by atoms with Gasteiger partial charge in [0.2, 0.25) is 10.0 Å². The van der Waals surface area contributed by atoms with Crippen LogP contribution in [0.1, 0.15) is 24.8 Å². The lowest BCUT2D eigenvalue weighted by Gasteiger charge is -2.10. The van der Waals surface area contributed by atoms with Crippen LogP contribution in [0.4, 0.5) is 0 Å². The Kier molecular flexibility index (Phi) is 4.52. The van der Waals surface area contributed by atoms with Crippen molar-refractivity contribution in [1.29, 1.82) is 0 Å². The van der Waals surface area contributed by atoms with Crippen LogP contribution in [-0.2, 0) is 10.0 Å². The highest BCUT2D eigenvalue weighted by Crippen LogP contribution is 2.32. The zero-order valence-corrected chi connectivity index (χ0v) is 14.0. The standard InChI is InChI=1S/C12H15Br2NO2S/c1-8-6-11(14)12(7-10(8)13)18(16,17)15-5-4-9-2-3-9/h6-7,9,15H,2-5H2,1H3. The molecule has 1 fully saturated rings. The number of halogens is 2. The van der Waals surface area contributed by atoms with E-state index >= 15 is 0 Å². The van der Waals surface area contributed by atoms with Crippen molar-refractivity contribution in [3.63, 3.8) is 0 Å². The van der Waals surface area contributed by atoms with E-state index in [1.165, 1.54) is 12.8 Å².